The molecule has 2 aromatic rings. The van der Waals surface area contributed by atoms with Gasteiger partial charge in [-0.25, -0.2) is 4.39 Å². The van der Waals surface area contributed by atoms with Crippen LogP contribution in [0.25, 0.3) is 0 Å². The minimum Gasteiger partial charge on any atom is -0.377 e. The Labute approximate surface area is 124 Å². The van der Waals surface area contributed by atoms with Crippen LogP contribution in [0.4, 0.5) is 15.8 Å². The average molecular weight is 288 g/mol. The number of anilines is 2. The van der Waals surface area contributed by atoms with Crippen LogP contribution in [0.2, 0.25) is 0 Å². The van der Waals surface area contributed by atoms with Gasteiger partial charge >= 0.3 is 0 Å². The molecule has 0 unspecified atom stereocenters. The summed E-state index contributed by atoms with van der Waals surface area (Å²) in [6, 6.07) is 5.28. The zero-order chi connectivity index (χ0) is 14.7. The minimum absolute atomic E-state index is 0.192. The molecule has 4 nitrogen and oxygen atoms in total. The van der Waals surface area contributed by atoms with Gasteiger partial charge in [0.2, 0.25) is 0 Å². The van der Waals surface area contributed by atoms with E-state index in [0.29, 0.717) is 12.2 Å². The number of benzene rings is 1. The molecule has 0 radical (unpaired) electrons. The van der Waals surface area contributed by atoms with E-state index in [1.54, 1.807) is 6.07 Å². The van der Waals surface area contributed by atoms with Crippen molar-refractivity contribution < 1.29 is 4.39 Å². The molecule has 0 aliphatic carbocycles. The molecular formula is C16H21FN4. The number of nitrogens with zero attached hydrogens (tertiary/aromatic N) is 3. The Balaban J connectivity index is 1.77. The molecule has 5 heteroatoms. The Morgan fingerprint density at radius 1 is 1.29 bits per heavy atom. The Bertz CT molecular complexity index is 602. The molecule has 1 saturated heterocycles. The van der Waals surface area contributed by atoms with Crippen LogP contribution in [-0.4, -0.2) is 22.9 Å². The molecule has 2 heterocycles. The third-order valence-corrected chi connectivity index (χ3v) is 3.92. The summed E-state index contributed by atoms with van der Waals surface area (Å²) in [5.41, 5.74) is 2.63. The maximum Gasteiger partial charge on any atom is 0.148 e. The molecule has 1 fully saturated rings. The topological polar surface area (TPSA) is 33.1 Å². The van der Waals surface area contributed by atoms with Gasteiger partial charge in [0.25, 0.3) is 0 Å². The van der Waals surface area contributed by atoms with E-state index in [-0.39, 0.29) is 5.82 Å². The summed E-state index contributed by atoms with van der Waals surface area (Å²) < 4.78 is 16.0. The van der Waals surface area contributed by atoms with Crippen molar-refractivity contribution in [3.8, 4) is 0 Å². The molecule has 0 atom stereocenters. The molecule has 1 aromatic carbocycles. The van der Waals surface area contributed by atoms with Crippen molar-refractivity contribution >= 4 is 11.4 Å². The summed E-state index contributed by atoms with van der Waals surface area (Å²) in [5.74, 6) is -0.192. The molecule has 3 rings (SSSR count). The van der Waals surface area contributed by atoms with E-state index >= 15 is 0 Å². The van der Waals surface area contributed by atoms with Gasteiger partial charge in [-0.15, -0.1) is 0 Å². The smallest absolute Gasteiger partial charge is 0.148 e. The third-order valence-electron chi connectivity index (χ3n) is 3.92. The Hall–Kier alpha value is -2.04. The molecule has 1 N–H and O–H groups in total. The average Bonchev–Trinajstić information content (AvgIpc) is 3.17. The van der Waals surface area contributed by atoms with Crippen molar-refractivity contribution in [2.75, 3.05) is 23.3 Å². The Morgan fingerprint density at radius 2 is 2.10 bits per heavy atom. The highest BCUT2D eigenvalue weighted by molar-refractivity contribution is 5.71. The lowest BCUT2D eigenvalue weighted by atomic mass is 10.2. The van der Waals surface area contributed by atoms with Gasteiger partial charge in [-0.3, -0.25) is 4.68 Å². The zero-order valence-corrected chi connectivity index (χ0v) is 12.3. The predicted molar refractivity (Wildman–Crippen MR) is 83.1 cm³/mol. The standard InChI is InChI=1S/C16H21FN4/c1-2-21-12-13(11-19-21)10-18-16-14(17)6-5-7-15(16)20-8-3-4-9-20/h5-7,11-12,18H,2-4,8-10H2,1H3. The third kappa shape index (κ3) is 3.01. The molecule has 1 aliphatic rings. The summed E-state index contributed by atoms with van der Waals surface area (Å²) >= 11 is 0. The summed E-state index contributed by atoms with van der Waals surface area (Å²) in [4.78, 5) is 2.25. The van der Waals surface area contributed by atoms with Gasteiger partial charge in [-0.05, 0) is 31.9 Å². The Kier molecular flexibility index (Phi) is 4.08. The SMILES string of the molecule is CCn1cc(CNc2c(F)cccc2N2CCCC2)cn1. The molecule has 0 bridgehead atoms. The molecule has 112 valence electrons. The van der Waals surface area contributed by atoms with Crippen LogP contribution in [0, 0.1) is 5.82 Å². The highest BCUT2D eigenvalue weighted by atomic mass is 19.1. The van der Waals surface area contributed by atoms with E-state index in [1.165, 1.54) is 18.9 Å². The molecular weight excluding hydrogens is 267 g/mol. The molecule has 1 aliphatic heterocycles. The first-order valence-electron chi connectivity index (χ1n) is 7.56. The minimum atomic E-state index is -0.192. The number of halogens is 1. The first-order valence-corrected chi connectivity index (χ1v) is 7.56. The number of hydrogen-bond donors (Lipinski definition) is 1. The number of nitrogens with one attached hydrogen (secondary N) is 1. The summed E-state index contributed by atoms with van der Waals surface area (Å²) in [6.07, 6.45) is 6.18. The van der Waals surface area contributed by atoms with E-state index in [0.717, 1.165) is 30.9 Å². The van der Waals surface area contributed by atoms with E-state index < -0.39 is 0 Å². The predicted octanol–water partition coefficient (Wildman–Crippen LogP) is 3.25. The lowest BCUT2D eigenvalue weighted by molar-refractivity contribution is 0.629. The lowest BCUT2D eigenvalue weighted by Crippen LogP contribution is -2.19. The van der Waals surface area contributed by atoms with Gasteiger partial charge in [0.1, 0.15) is 5.82 Å². The van der Waals surface area contributed by atoms with Crippen molar-refractivity contribution in [1.29, 1.82) is 0 Å². The summed E-state index contributed by atoms with van der Waals surface area (Å²) in [7, 11) is 0. The molecule has 0 spiro atoms. The van der Waals surface area contributed by atoms with Crippen molar-refractivity contribution in [1.82, 2.24) is 9.78 Å². The van der Waals surface area contributed by atoms with E-state index in [2.05, 4.69) is 15.3 Å². The number of aromatic nitrogens is 2. The fourth-order valence-corrected chi connectivity index (χ4v) is 2.77. The number of para-hydroxylation sites is 1. The second kappa shape index (κ2) is 6.16. The maximum atomic E-state index is 14.2. The Morgan fingerprint density at radius 3 is 2.81 bits per heavy atom. The van der Waals surface area contributed by atoms with Gasteiger partial charge in [0, 0.05) is 37.9 Å². The van der Waals surface area contributed by atoms with Crippen LogP contribution in [-0.2, 0) is 13.1 Å². The molecule has 0 amide bonds. The maximum absolute atomic E-state index is 14.2. The highest BCUT2D eigenvalue weighted by Gasteiger charge is 2.18. The van der Waals surface area contributed by atoms with Crippen LogP contribution in [0.5, 0.6) is 0 Å². The monoisotopic (exact) mass is 288 g/mol. The van der Waals surface area contributed by atoms with Gasteiger partial charge in [-0.1, -0.05) is 6.07 Å². The summed E-state index contributed by atoms with van der Waals surface area (Å²) in [6.45, 7) is 5.49. The highest BCUT2D eigenvalue weighted by Crippen LogP contribution is 2.31. The lowest BCUT2D eigenvalue weighted by Gasteiger charge is -2.22. The molecule has 21 heavy (non-hydrogen) atoms. The van der Waals surface area contributed by atoms with Gasteiger partial charge < -0.3 is 10.2 Å². The summed E-state index contributed by atoms with van der Waals surface area (Å²) in [5, 5.41) is 7.48. The quantitative estimate of drug-likeness (QED) is 0.917. The van der Waals surface area contributed by atoms with Crippen molar-refractivity contribution in [3.05, 3.63) is 42.0 Å². The van der Waals surface area contributed by atoms with Crippen LogP contribution >= 0.6 is 0 Å². The number of hydrogen-bond acceptors (Lipinski definition) is 3. The van der Waals surface area contributed by atoms with Crippen molar-refractivity contribution in [2.45, 2.75) is 32.9 Å². The van der Waals surface area contributed by atoms with Gasteiger partial charge in [0.05, 0.1) is 17.6 Å². The van der Waals surface area contributed by atoms with Crippen LogP contribution < -0.4 is 10.2 Å². The van der Waals surface area contributed by atoms with E-state index in [4.69, 9.17) is 0 Å². The second-order valence-electron chi connectivity index (χ2n) is 5.39. The van der Waals surface area contributed by atoms with Crippen LogP contribution in [0.3, 0.4) is 0 Å². The first-order chi connectivity index (χ1) is 10.3. The fraction of sp³-hybridized carbons (Fsp3) is 0.438. The second-order valence-corrected chi connectivity index (χ2v) is 5.39. The molecule has 0 saturated carbocycles. The first kappa shape index (κ1) is 13.9. The van der Waals surface area contributed by atoms with E-state index in [9.17, 15) is 4.39 Å². The number of rotatable bonds is 5. The van der Waals surface area contributed by atoms with Crippen LogP contribution in [0.15, 0.2) is 30.6 Å². The van der Waals surface area contributed by atoms with Crippen LogP contribution in [0.1, 0.15) is 25.3 Å². The fourth-order valence-electron chi connectivity index (χ4n) is 2.77. The van der Waals surface area contributed by atoms with Gasteiger partial charge in [0.15, 0.2) is 0 Å². The van der Waals surface area contributed by atoms with Gasteiger partial charge in [-0.2, -0.15) is 5.10 Å². The largest absolute Gasteiger partial charge is 0.377 e. The van der Waals surface area contributed by atoms with Crippen molar-refractivity contribution in [2.24, 2.45) is 0 Å². The molecule has 1 aromatic heterocycles. The number of aryl methyl sites for hydroxylation is 1. The zero-order valence-electron chi connectivity index (χ0n) is 12.3. The normalized spacial score (nSPS) is 14.7. The van der Waals surface area contributed by atoms with Crippen molar-refractivity contribution in [3.63, 3.8) is 0 Å². The van der Waals surface area contributed by atoms with E-state index in [1.807, 2.05) is 30.1 Å².